The zero-order chi connectivity index (χ0) is 12.6. The van der Waals surface area contributed by atoms with Crippen molar-refractivity contribution in [3.05, 3.63) is 59.5 Å². The number of imidazole rings is 1. The van der Waals surface area contributed by atoms with Crippen LogP contribution >= 0.6 is 0 Å². The Balaban J connectivity index is 1.92. The minimum absolute atomic E-state index is 0.260. The first-order valence-corrected chi connectivity index (χ1v) is 5.56. The molecule has 0 amide bonds. The lowest BCUT2D eigenvalue weighted by atomic mass is 10.3. The largest absolute Gasteiger partial charge is 0.493 e. The molecule has 1 heterocycles. The van der Waals surface area contributed by atoms with Crippen molar-refractivity contribution in [2.24, 2.45) is 5.11 Å². The molecule has 0 aliphatic heterocycles. The zero-order valence-electron chi connectivity index (χ0n) is 9.75. The Morgan fingerprint density at radius 1 is 1.39 bits per heavy atom. The number of hydrogen-bond donors (Lipinski definition) is 0. The molecular weight excluding hydrogens is 230 g/mol. The van der Waals surface area contributed by atoms with Crippen LogP contribution in [0.2, 0.25) is 0 Å². The monoisotopic (exact) mass is 243 g/mol. The second-order valence-electron chi connectivity index (χ2n) is 3.74. The number of rotatable bonds is 6. The van der Waals surface area contributed by atoms with E-state index in [1.54, 1.807) is 12.5 Å². The number of ether oxygens (including phenoxy) is 1. The Kier molecular flexibility index (Phi) is 4.22. The molecule has 0 aliphatic rings. The molecule has 0 radical (unpaired) electrons. The van der Waals surface area contributed by atoms with Gasteiger partial charge in [0, 0.05) is 23.9 Å². The van der Waals surface area contributed by atoms with Crippen molar-refractivity contribution in [1.29, 1.82) is 0 Å². The van der Waals surface area contributed by atoms with Gasteiger partial charge in [-0.1, -0.05) is 23.3 Å². The highest BCUT2D eigenvalue weighted by atomic mass is 16.5. The van der Waals surface area contributed by atoms with E-state index >= 15 is 0 Å². The Morgan fingerprint density at radius 2 is 2.22 bits per heavy atom. The van der Waals surface area contributed by atoms with Gasteiger partial charge in [0.25, 0.3) is 0 Å². The van der Waals surface area contributed by atoms with Crippen LogP contribution < -0.4 is 4.74 Å². The second-order valence-corrected chi connectivity index (χ2v) is 3.74. The molecule has 0 spiro atoms. The lowest BCUT2D eigenvalue weighted by Crippen LogP contribution is -2.21. The number of aromatic nitrogens is 2. The van der Waals surface area contributed by atoms with Gasteiger partial charge in [0.1, 0.15) is 5.75 Å². The highest BCUT2D eigenvalue weighted by Crippen LogP contribution is 2.10. The second kappa shape index (κ2) is 6.32. The van der Waals surface area contributed by atoms with E-state index in [2.05, 4.69) is 15.0 Å². The van der Waals surface area contributed by atoms with Crippen molar-refractivity contribution >= 4 is 0 Å². The Labute approximate surface area is 104 Å². The van der Waals surface area contributed by atoms with E-state index in [4.69, 9.17) is 10.3 Å². The summed E-state index contributed by atoms with van der Waals surface area (Å²) in [7, 11) is 0. The molecule has 1 aromatic carbocycles. The van der Waals surface area contributed by atoms with Gasteiger partial charge in [-0.3, -0.25) is 0 Å². The Hall–Kier alpha value is -2.46. The predicted molar refractivity (Wildman–Crippen MR) is 67.1 cm³/mol. The average Bonchev–Trinajstić information content (AvgIpc) is 2.90. The summed E-state index contributed by atoms with van der Waals surface area (Å²) < 4.78 is 7.43. The minimum atomic E-state index is -0.260. The van der Waals surface area contributed by atoms with Gasteiger partial charge in [-0.25, -0.2) is 4.98 Å². The molecule has 1 unspecified atom stereocenters. The maximum atomic E-state index is 8.54. The molecular formula is C12H13N5O. The van der Waals surface area contributed by atoms with Crippen molar-refractivity contribution in [3.8, 4) is 5.75 Å². The van der Waals surface area contributed by atoms with Gasteiger partial charge < -0.3 is 9.30 Å². The molecule has 0 fully saturated rings. The summed E-state index contributed by atoms with van der Waals surface area (Å²) in [6.45, 7) is 0.892. The first-order valence-electron chi connectivity index (χ1n) is 5.56. The van der Waals surface area contributed by atoms with Crippen LogP contribution in [0.3, 0.4) is 0 Å². The van der Waals surface area contributed by atoms with Crippen LogP contribution in [0.4, 0.5) is 0 Å². The molecule has 6 nitrogen and oxygen atoms in total. The van der Waals surface area contributed by atoms with Crippen molar-refractivity contribution in [1.82, 2.24) is 9.55 Å². The van der Waals surface area contributed by atoms with E-state index in [1.165, 1.54) is 0 Å². The standard InChI is InChI=1S/C12H13N5O/c13-16-15-11(8-17-7-6-14-10-17)9-18-12-4-2-1-3-5-12/h1-7,10-11H,8-9H2. The number of hydrogen-bond acceptors (Lipinski definition) is 3. The van der Waals surface area contributed by atoms with Crippen LogP contribution in [0.1, 0.15) is 0 Å². The highest BCUT2D eigenvalue weighted by molar-refractivity contribution is 5.20. The molecule has 0 bridgehead atoms. The Bertz CT molecular complexity index is 505. The van der Waals surface area contributed by atoms with Crippen LogP contribution in [-0.4, -0.2) is 22.2 Å². The lowest BCUT2D eigenvalue weighted by Gasteiger charge is -2.13. The molecule has 18 heavy (non-hydrogen) atoms. The first-order chi connectivity index (χ1) is 8.88. The summed E-state index contributed by atoms with van der Waals surface area (Å²) >= 11 is 0. The molecule has 2 aromatic rings. The first kappa shape index (κ1) is 12.0. The van der Waals surface area contributed by atoms with Crippen molar-refractivity contribution in [3.63, 3.8) is 0 Å². The van der Waals surface area contributed by atoms with Gasteiger partial charge in [-0.05, 0) is 17.7 Å². The third-order valence-electron chi connectivity index (χ3n) is 2.38. The average molecular weight is 243 g/mol. The molecule has 0 N–H and O–H groups in total. The molecule has 6 heteroatoms. The van der Waals surface area contributed by atoms with Gasteiger partial charge in [-0.2, -0.15) is 0 Å². The molecule has 0 saturated heterocycles. The summed E-state index contributed by atoms with van der Waals surface area (Å²) in [5.41, 5.74) is 8.54. The van der Waals surface area contributed by atoms with Crippen LogP contribution in [0.25, 0.3) is 10.4 Å². The van der Waals surface area contributed by atoms with Gasteiger partial charge in [-0.15, -0.1) is 0 Å². The van der Waals surface area contributed by atoms with Gasteiger partial charge in [0.05, 0.1) is 19.0 Å². The topological polar surface area (TPSA) is 75.8 Å². The summed E-state index contributed by atoms with van der Waals surface area (Å²) in [6.07, 6.45) is 5.19. The van der Waals surface area contributed by atoms with Crippen molar-refractivity contribution in [2.45, 2.75) is 12.6 Å². The normalized spacial score (nSPS) is 11.6. The predicted octanol–water partition coefficient (Wildman–Crippen LogP) is 2.64. The van der Waals surface area contributed by atoms with Gasteiger partial charge in [0.15, 0.2) is 0 Å². The highest BCUT2D eigenvalue weighted by Gasteiger charge is 2.08. The van der Waals surface area contributed by atoms with Gasteiger partial charge >= 0.3 is 0 Å². The molecule has 0 aliphatic carbocycles. The van der Waals surface area contributed by atoms with E-state index < -0.39 is 0 Å². The van der Waals surface area contributed by atoms with E-state index in [0.717, 1.165) is 5.75 Å². The van der Waals surface area contributed by atoms with Crippen LogP contribution in [0.15, 0.2) is 54.2 Å². The number of azide groups is 1. The van der Waals surface area contributed by atoms with Gasteiger partial charge in [0.2, 0.25) is 0 Å². The lowest BCUT2D eigenvalue weighted by molar-refractivity contribution is 0.275. The van der Waals surface area contributed by atoms with Crippen LogP contribution in [0, 0.1) is 0 Å². The maximum Gasteiger partial charge on any atom is 0.119 e. The van der Waals surface area contributed by atoms with E-state index in [-0.39, 0.29) is 6.04 Å². The minimum Gasteiger partial charge on any atom is -0.493 e. The summed E-state index contributed by atoms with van der Waals surface area (Å²) in [4.78, 5) is 6.78. The van der Waals surface area contributed by atoms with Crippen LogP contribution in [0.5, 0.6) is 5.75 Å². The Morgan fingerprint density at radius 3 is 2.89 bits per heavy atom. The number of nitrogens with zero attached hydrogens (tertiary/aromatic N) is 5. The summed E-state index contributed by atoms with van der Waals surface area (Å²) in [5.74, 6) is 0.765. The third-order valence-corrected chi connectivity index (χ3v) is 2.38. The number of para-hydroxylation sites is 1. The fourth-order valence-corrected chi connectivity index (χ4v) is 1.54. The number of benzene rings is 1. The smallest absolute Gasteiger partial charge is 0.119 e. The fourth-order valence-electron chi connectivity index (χ4n) is 1.54. The maximum absolute atomic E-state index is 8.54. The quantitative estimate of drug-likeness (QED) is 0.444. The van der Waals surface area contributed by atoms with E-state index in [0.29, 0.717) is 13.2 Å². The SMILES string of the molecule is [N-]=[N+]=NC(COc1ccccc1)Cn1ccnc1. The van der Waals surface area contributed by atoms with Crippen molar-refractivity contribution < 1.29 is 4.74 Å². The third kappa shape index (κ3) is 3.54. The zero-order valence-corrected chi connectivity index (χ0v) is 9.75. The molecule has 92 valence electrons. The molecule has 2 rings (SSSR count). The fraction of sp³-hybridized carbons (Fsp3) is 0.250. The van der Waals surface area contributed by atoms with Crippen molar-refractivity contribution in [2.75, 3.05) is 6.61 Å². The summed E-state index contributed by atoms with van der Waals surface area (Å²) in [5, 5.41) is 3.72. The molecule has 1 atom stereocenters. The molecule has 0 saturated carbocycles. The van der Waals surface area contributed by atoms with Crippen LogP contribution in [-0.2, 0) is 6.54 Å². The molecule has 1 aromatic heterocycles. The van der Waals surface area contributed by atoms with E-state index in [9.17, 15) is 0 Å². The summed E-state index contributed by atoms with van der Waals surface area (Å²) in [6, 6.07) is 9.18. The van der Waals surface area contributed by atoms with E-state index in [1.807, 2.05) is 41.1 Å².